The van der Waals surface area contributed by atoms with E-state index in [1.54, 1.807) is 13.2 Å². The molecule has 2 N–H and O–H groups in total. The summed E-state index contributed by atoms with van der Waals surface area (Å²) in [6, 6.07) is 5.35. The van der Waals surface area contributed by atoms with Gasteiger partial charge in [-0.1, -0.05) is 24.6 Å². The second-order valence-electron chi connectivity index (χ2n) is 4.84. The monoisotopic (exact) mass is 282 g/mol. The van der Waals surface area contributed by atoms with Gasteiger partial charge >= 0.3 is 0 Å². The van der Waals surface area contributed by atoms with E-state index in [-0.39, 0.29) is 11.9 Å². The van der Waals surface area contributed by atoms with Crippen molar-refractivity contribution in [1.82, 2.24) is 10.6 Å². The lowest BCUT2D eigenvalue weighted by molar-refractivity contribution is -0.123. The minimum absolute atomic E-state index is 0.0203. The number of benzene rings is 1. The maximum absolute atomic E-state index is 12.1. The molecular weight excluding hydrogens is 264 g/mol. The smallest absolute Gasteiger partial charge is 0.237 e. The zero-order valence-corrected chi connectivity index (χ0v) is 12.0. The number of carbonyl (C=O) groups excluding carboxylic acids is 1. The van der Waals surface area contributed by atoms with E-state index in [4.69, 9.17) is 16.3 Å². The highest BCUT2D eigenvalue weighted by atomic mass is 35.5. The molecule has 1 amide bonds. The van der Waals surface area contributed by atoms with Gasteiger partial charge in [0.15, 0.2) is 0 Å². The highest BCUT2D eigenvalue weighted by molar-refractivity contribution is 6.31. The molecule has 1 aliphatic rings. The van der Waals surface area contributed by atoms with Crippen LogP contribution in [-0.2, 0) is 11.3 Å². The van der Waals surface area contributed by atoms with Crippen molar-refractivity contribution in [2.45, 2.75) is 25.9 Å². The Bertz CT molecular complexity index is 465. The van der Waals surface area contributed by atoms with Crippen molar-refractivity contribution >= 4 is 17.5 Å². The molecule has 0 spiro atoms. The van der Waals surface area contributed by atoms with E-state index < -0.39 is 0 Å². The van der Waals surface area contributed by atoms with Gasteiger partial charge in [0.05, 0.1) is 13.2 Å². The molecule has 4 nitrogen and oxygen atoms in total. The van der Waals surface area contributed by atoms with Gasteiger partial charge in [-0.05, 0) is 31.0 Å². The Morgan fingerprint density at radius 1 is 1.58 bits per heavy atom. The summed E-state index contributed by atoms with van der Waals surface area (Å²) in [5, 5.41) is 6.73. The molecular formula is C14H19ClN2O2. The van der Waals surface area contributed by atoms with E-state index >= 15 is 0 Å². The molecule has 104 valence electrons. The minimum Gasteiger partial charge on any atom is -0.496 e. The van der Waals surface area contributed by atoms with Gasteiger partial charge in [0.2, 0.25) is 5.91 Å². The first-order valence-electron chi connectivity index (χ1n) is 6.46. The van der Waals surface area contributed by atoms with Gasteiger partial charge in [0.1, 0.15) is 5.75 Å². The minimum atomic E-state index is -0.103. The van der Waals surface area contributed by atoms with E-state index in [1.807, 2.05) is 12.1 Å². The molecule has 2 atom stereocenters. The SMILES string of the molecule is COc1cccc(Cl)c1CNC(=O)C1NCCC1C. The van der Waals surface area contributed by atoms with Crippen LogP contribution in [0.1, 0.15) is 18.9 Å². The lowest BCUT2D eigenvalue weighted by Crippen LogP contribution is -2.43. The second kappa shape index (κ2) is 6.26. The zero-order chi connectivity index (χ0) is 13.8. The normalized spacial score (nSPS) is 22.3. The molecule has 1 saturated heterocycles. The van der Waals surface area contributed by atoms with Crippen LogP contribution in [0.4, 0.5) is 0 Å². The molecule has 0 saturated carbocycles. The van der Waals surface area contributed by atoms with Crippen LogP contribution in [0, 0.1) is 5.92 Å². The Balaban J connectivity index is 2.00. The van der Waals surface area contributed by atoms with Gasteiger partial charge < -0.3 is 15.4 Å². The van der Waals surface area contributed by atoms with Crippen LogP contribution >= 0.6 is 11.6 Å². The van der Waals surface area contributed by atoms with E-state index in [1.165, 1.54) is 0 Å². The summed E-state index contributed by atoms with van der Waals surface area (Å²) >= 11 is 6.13. The van der Waals surface area contributed by atoms with Crippen molar-refractivity contribution in [1.29, 1.82) is 0 Å². The third kappa shape index (κ3) is 3.19. The number of amides is 1. The molecule has 19 heavy (non-hydrogen) atoms. The molecule has 2 rings (SSSR count). The maximum Gasteiger partial charge on any atom is 0.237 e. The highest BCUT2D eigenvalue weighted by Crippen LogP contribution is 2.26. The summed E-state index contributed by atoms with van der Waals surface area (Å²) < 4.78 is 5.25. The van der Waals surface area contributed by atoms with Crippen LogP contribution in [-0.4, -0.2) is 25.6 Å². The van der Waals surface area contributed by atoms with E-state index in [2.05, 4.69) is 17.6 Å². The highest BCUT2D eigenvalue weighted by Gasteiger charge is 2.29. The topological polar surface area (TPSA) is 50.4 Å². The van der Waals surface area contributed by atoms with Crippen molar-refractivity contribution in [2.24, 2.45) is 5.92 Å². The summed E-state index contributed by atoms with van der Waals surface area (Å²) in [4.78, 5) is 12.1. The average molecular weight is 283 g/mol. The molecule has 1 aromatic rings. The van der Waals surface area contributed by atoms with Crippen LogP contribution in [0.2, 0.25) is 5.02 Å². The molecule has 2 unspecified atom stereocenters. The van der Waals surface area contributed by atoms with Crippen LogP contribution in [0.15, 0.2) is 18.2 Å². The molecule has 0 bridgehead atoms. The van der Waals surface area contributed by atoms with Gasteiger partial charge in [-0.3, -0.25) is 4.79 Å². The number of hydrogen-bond acceptors (Lipinski definition) is 3. The molecule has 1 aromatic carbocycles. The standard InChI is InChI=1S/C14H19ClN2O2/c1-9-6-7-16-13(9)14(18)17-8-10-11(15)4-3-5-12(10)19-2/h3-5,9,13,16H,6-8H2,1-2H3,(H,17,18). The van der Waals surface area contributed by atoms with Crippen molar-refractivity contribution in [3.05, 3.63) is 28.8 Å². The van der Waals surface area contributed by atoms with E-state index in [9.17, 15) is 4.79 Å². The van der Waals surface area contributed by atoms with E-state index in [0.717, 1.165) is 18.5 Å². The summed E-state index contributed by atoms with van der Waals surface area (Å²) in [6.45, 7) is 3.36. The number of hydrogen-bond donors (Lipinski definition) is 2. The molecule has 5 heteroatoms. The quantitative estimate of drug-likeness (QED) is 0.888. The fourth-order valence-corrected chi connectivity index (χ4v) is 2.61. The molecule has 0 aliphatic carbocycles. The van der Waals surface area contributed by atoms with Crippen LogP contribution < -0.4 is 15.4 Å². The predicted molar refractivity (Wildman–Crippen MR) is 75.4 cm³/mol. The molecule has 0 aromatic heterocycles. The summed E-state index contributed by atoms with van der Waals surface area (Å²) in [5.41, 5.74) is 0.811. The van der Waals surface area contributed by atoms with Crippen LogP contribution in [0.3, 0.4) is 0 Å². The molecule has 1 aliphatic heterocycles. The number of nitrogens with one attached hydrogen (secondary N) is 2. The van der Waals surface area contributed by atoms with Gasteiger partial charge in [-0.15, -0.1) is 0 Å². The Labute approximate surface area is 118 Å². The zero-order valence-electron chi connectivity index (χ0n) is 11.2. The maximum atomic E-state index is 12.1. The summed E-state index contributed by atoms with van der Waals surface area (Å²) in [6.07, 6.45) is 1.04. The summed E-state index contributed by atoms with van der Waals surface area (Å²) in [7, 11) is 1.59. The average Bonchev–Trinajstić information content (AvgIpc) is 2.83. The second-order valence-corrected chi connectivity index (χ2v) is 5.24. The Kier molecular flexibility index (Phi) is 4.66. The molecule has 0 radical (unpaired) electrons. The first-order valence-corrected chi connectivity index (χ1v) is 6.83. The Morgan fingerprint density at radius 3 is 3.00 bits per heavy atom. The summed E-state index contributed by atoms with van der Waals surface area (Å²) in [5.74, 6) is 1.08. The van der Waals surface area contributed by atoms with E-state index in [0.29, 0.717) is 23.2 Å². The van der Waals surface area contributed by atoms with Gasteiger partial charge in [0.25, 0.3) is 0 Å². The predicted octanol–water partition coefficient (Wildman–Crippen LogP) is 1.96. The van der Waals surface area contributed by atoms with Crippen LogP contribution in [0.5, 0.6) is 5.75 Å². The number of carbonyl (C=O) groups is 1. The molecule has 1 fully saturated rings. The fraction of sp³-hybridized carbons (Fsp3) is 0.500. The molecule has 1 heterocycles. The third-order valence-corrected chi connectivity index (χ3v) is 3.90. The fourth-order valence-electron chi connectivity index (χ4n) is 2.37. The number of rotatable bonds is 4. The van der Waals surface area contributed by atoms with Gasteiger partial charge in [-0.2, -0.15) is 0 Å². The lowest BCUT2D eigenvalue weighted by Gasteiger charge is -2.17. The first-order chi connectivity index (χ1) is 9.13. The Morgan fingerprint density at radius 2 is 2.37 bits per heavy atom. The van der Waals surface area contributed by atoms with Crippen molar-refractivity contribution < 1.29 is 9.53 Å². The van der Waals surface area contributed by atoms with Gasteiger partial charge in [-0.25, -0.2) is 0 Å². The van der Waals surface area contributed by atoms with Crippen molar-refractivity contribution in [3.8, 4) is 5.75 Å². The Hall–Kier alpha value is -1.26. The van der Waals surface area contributed by atoms with Crippen molar-refractivity contribution in [2.75, 3.05) is 13.7 Å². The first kappa shape index (κ1) is 14.2. The number of ether oxygens (including phenoxy) is 1. The van der Waals surface area contributed by atoms with Crippen LogP contribution in [0.25, 0.3) is 0 Å². The number of halogens is 1. The van der Waals surface area contributed by atoms with Crippen molar-refractivity contribution in [3.63, 3.8) is 0 Å². The third-order valence-electron chi connectivity index (χ3n) is 3.55. The number of methoxy groups -OCH3 is 1. The van der Waals surface area contributed by atoms with Gasteiger partial charge in [0, 0.05) is 17.1 Å². The largest absolute Gasteiger partial charge is 0.496 e. The lowest BCUT2D eigenvalue weighted by atomic mass is 10.0.